The van der Waals surface area contributed by atoms with E-state index in [0.29, 0.717) is 0 Å². The number of piperidine rings is 1. The van der Waals surface area contributed by atoms with Crippen LogP contribution >= 0.6 is 46.7 Å². The molecule has 1 saturated heterocycles. The lowest BCUT2D eigenvalue weighted by Gasteiger charge is -2.32. The number of halogens is 1. The summed E-state index contributed by atoms with van der Waals surface area (Å²) in [7, 11) is 1.84. The zero-order chi connectivity index (χ0) is 18.4. The van der Waals surface area contributed by atoms with Crippen LogP contribution in [-0.2, 0) is 13.1 Å². The van der Waals surface area contributed by atoms with Crippen LogP contribution in [0.5, 0.6) is 0 Å². The number of thiophene rings is 1. The summed E-state index contributed by atoms with van der Waals surface area (Å²) in [6.45, 7) is 9.39. The summed E-state index contributed by atoms with van der Waals surface area (Å²) in [5, 5.41) is 10.2. The van der Waals surface area contributed by atoms with Gasteiger partial charge in [-0.3, -0.25) is 9.89 Å². The molecule has 0 aliphatic carbocycles. The van der Waals surface area contributed by atoms with Crippen LogP contribution in [0.2, 0.25) is 0 Å². The molecule has 0 saturated carbocycles. The monoisotopic (exact) mass is 519 g/mol. The average molecular weight is 520 g/mol. The van der Waals surface area contributed by atoms with Gasteiger partial charge in [0.25, 0.3) is 0 Å². The Morgan fingerprint density at radius 2 is 2.07 bits per heavy atom. The van der Waals surface area contributed by atoms with Crippen molar-refractivity contribution in [3.8, 4) is 0 Å². The van der Waals surface area contributed by atoms with Gasteiger partial charge in [-0.15, -0.1) is 46.7 Å². The molecule has 8 heteroatoms. The molecule has 0 spiro atoms. The van der Waals surface area contributed by atoms with Crippen molar-refractivity contribution in [2.75, 3.05) is 26.7 Å². The second-order valence-corrected chi connectivity index (χ2v) is 9.17. The Labute approximate surface area is 187 Å². The fourth-order valence-corrected chi connectivity index (χ4v) is 4.96. The number of guanidine groups is 1. The normalized spacial score (nSPS) is 16.2. The quantitative estimate of drug-likeness (QED) is 0.344. The maximum Gasteiger partial charge on any atom is 0.191 e. The first-order valence-electron chi connectivity index (χ1n) is 9.26. The third kappa shape index (κ3) is 6.99. The number of hydrogen-bond donors (Lipinski definition) is 2. The molecule has 0 bridgehead atoms. The van der Waals surface area contributed by atoms with Gasteiger partial charge in [-0.25, -0.2) is 4.98 Å². The molecule has 0 amide bonds. The highest BCUT2D eigenvalue weighted by Gasteiger charge is 2.19. The smallest absolute Gasteiger partial charge is 0.191 e. The van der Waals surface area contributed by atoms with E-state index in [2.05, 4.69) is 56.9 Å². The van der Waals surface area contributed by atoms with Gasteiger partial charge in [0.15, 0.2) is 5.96 Å². The molecule has 2 aromatic rings. The molecule has 0 aromatic carbocycles. The van der Waals surface area contributed by atoms with Crippen molar-refractivity contribution in [3.05, 3.63) is 38.0 Å². The third-order valence-corrected chi connectivity index (χ3v) is 6.80. The summed E-state index contributed by atoms with van der Waals surface area (Å²) in [5.41, 5.74) is 1.12. The number of aliphatic imine (C=N–C) groups is 1. The van der Waals surface area contributed by atoms with Gasteiger partial charge in [0, 0.05) is 29.9 Å². The Bertz CT molecular complexity index is 706. The van der Waals surface area contributed by atoms with E-state index in [-0.39, 0.29) is 24.0 Å². The molecular weight excluding hydrogens is 489 g/mol. The van der Waals surface area contributed by atoms with Crippen molar-refractivity contribution in [2.45, 2.75) is 39.8 Å². The molecule has 5 nitrogen and oxygen atoms in total. The zero-order valence-corrected chi connectivity index (χ0v) is 20.3. The van der Waals surface area contributed by atoms with Gasteiger partial charge in [-0.2, -0.15) is 0 Å². The Hall–Kier alpha value is -0.710. The van der Waals surface area contributed by atoms with Gasteiger partial charge in [-0.1, -0.05) is 6.07 Å². The highest BCUT2D eigenvalue weighted by molar-refractivity contribution is 14.0. The lowest BCUT2D eigenvalue weighted by Crippen LogP contribution is -2.42. The number of nitrogens with zero attached hydrogens (tertiary/aromatic N) is 3. The fourth-order valence-electron chi connectivity index (χ4n) is 3.33. The SMILES string of the molecule is CN=C(NCc1sc(C)nc1C)NCC1CCN(Cc2cccs2)CC1.I. The molecule has 3 rings (SSSR count). The van der Waals surface area contributed by atoms with Gasteiger partial charge >= 0.3 is 0 Å². The molecule has 2 N–H and O–H groups in total. The van der Waals surface area contributed by atoms with Gasteiger partial charge in [-0.05, 0) is 57.1 Å². The molecule has 2 aromatic heterocycles. The summed E-state index contributed by atoms with van der Waals surface area (Å²) in [6, 6.07) is 4.38. The van der Waals surface area contributed by atoms with Crippen LogP contribution in [0.3, 0.4) is 0 Å². The van der Waals surface area contributed by atoms with E-state index in [4.69, 9.17) is 0 Å². The Morgan fingerprint density at radius 3 is 2.67 bits per heavy atom. The van der Waals surface area contributed by atoms with Crippen LogP contribution in [0.1, 0.15) is 33.3 Å². The molecule has 150 valence electrons. The van der Waals surface area contributed by atoms with Gasteiger partial charge in [0.1, 0.15) is 0 Å². The van der Waals surface area contributed by atoms with Gasteiger partial charge in [0.2, 0.25) is 0 Å². The minimum absolute atomic E-state index is 0. The fraction of sp³-hybridized carbons (Fsp3) is 0.579. The topological polar surface area (TPSA) is 52.6 Å². The number of nitrogens with one attached hydrogen (secondary N) is 2. The van der Waals surface area contributed by atoms with Crippen molar-refractivity contribution in [2.24, 2.45) is 10.9 Å². The molecule has 1 fully saturated rings. The Morgan fingerprint density at radius 1 is 1.30 bits per heavy atom. The zero-order valence-electron chi connectivity index (χ0n) is 16.3. The predicted molar refractivity (Wildman–Crippen MR) is 128 cm³/mol. The molecule has 27 heavy (non-hydrogen) atoms. The van der Waals surface area contributed by atoms with Gasteiger partial charge < -0.3 is 10.6 Å². The largest absolute Gasteiger partial charge is 0.356 e. The number of hydrogen-bond acceptors (Lipinski definition) is 5. The van der Waals surface area contributed by atoms with E-state index in [9.17, 15) is 0 Å². The molecule has 1 aliphatic rings. The minimum Gasteiger partial charge on any atom is -0.356 e. The maximum atomic E-state index is 4.48. The maximum absolute atomic E-state index is 4.48. The lowest BCUT2D eigenvalue weighted by molar-refractivity contribution is 0.179. The number of likely N-dealkylation sites (tertiary alicyclic amines) is 1. The summed E-state index contributed by atoms with van der Waals surface area (Å²) < 4.78 is 0. The van der Waals surface area contributed by atoms with Crippen molar-refractivity contribution in [3.63, 3.8) is 0 Å². The summed E-state index contributed by atoms with van der Waals surface area (Å²) >= 11 is 3.61. The second kappa shape index (κ2) is 11.3. The summed E-state index contributed by atoms with van der Waals surface area (Å²) in [5.74, 6) is 1.61. The number of thiazole rings is 1. The van der Waals surface area contributed by atoms with Crippen molar-refractivity contribution in [1.29, 1.82) is 0 Å². The summed E-state index contributed by atoms with van der Waals surface area (Å²) in [6.07, 6.45) is 2.50. The Balaban J connectivity index is 0.00000261. The van der Waals surface area contributed by atoms with E-state index >= 15 is 0 Å². The van der Waals surface area contributed by atoms with Crippen LogP contribution in [0.25, 0.3) is 0 Å². The number of aryl methyl sites for hydroxylation is 2. The number of aromatic nitrogens is 1. The highest BCUT2D eigenvalue weighted by atomic mass is 127. The van der Waals surface area contributed by atoms with E-state index in [1.807, 2.05) is 18.4 Å². The lowest BCUT2D eigenvalue weighted by atomic mass is 9.97. The molecular formula is C19H30IN5S2. The minimum atomic E-state index is 0. The molecule has 0 atom stereocenters. The van der Waals surface area contributed by atoms with Crippen molar-refractivity contribution < 1.29 is 0 Å². The number of rotatable bonds is 6. The van der Waals surface area contributed by atoms with E-state index < -0.39 is 0 Å². The van der Waals surface area contributed by atoms with Crippen molar-refractivity contribution >= 4 is 52.6 Å². The van der Waals surface area contributed by atoms with Crippen LogP contribution in [-0.4, -0.2) is 42.5 Å². The summed E-state index contributed by atoms with van der Waals surface area (Å²) in [4.78, 5) is 14.2. The molecule has 3 heterocycles. The van der Waals surface area contributed by atoms with Crippen LogP contribution < -0.4 is 10.6 Å². The average Bonchev–Trinajstić information content (AvgIpc) is 3.25. The van der Waals surface area contributed by atoms with Crippen LogP contribution in [0.15, 0.2) is 22.5 Å². The molecule has 0 unspecified atom stereocenters. The third-order valence-electron chi connectivity index (χ3n) is 4.86. The van der Waals surface area contributed by atoms with Crippen molar-refractivity contribution in [1.82, 2.24) is 20.5 Å². The van der Waals surface area contributed by atoms with Crippen LogP contribution in [0, 0.1) is 19.8 Å². The second-order valence-electron chi connectivity index (χ2n) is 6.85. The molecule has 1 aliphatic heterocycles. The van der Waals surface area contributed by atoms with E-state index in [1.165, 1.54) is 35.7 Å². The Kier molecular flexibility index (Phi) is 9.47. The van der Waals surface area contributed by atoms with E-state index in [0.717, 1.165) is 42.2 Å². The predicted octanol–water partition coefficient (Wildman–Crippen LogP) is 4.02. The van der Waals surface area contributed by atoms with Crippen LogP contribution in [0.4, 0.5) is 0 Å². The standard InChI is InChI=1S/C19H29N5S2.HI/c1-14-18(26-15(2)23-14)12-22-19(20-3)21-11-16-6-8-24(9-7-16)13-17-5-4-10-25-17;/h4-5,10,16H,6-9,11-13H2,1-3H3,(H2,20,21,22);1H. The molecule has 0 radical (unpaired) electrons. The highest BCUT2D eigenvalue weighted by Crippen LogP contribution is 2.20. The van der Waals surface area contributed by atoms with E-state index in [1.54, 1.807) is 11.3 Å². The first-order valence-corrected chi connectivity index (χ1v) is 11.0. The first-order chi connectivity index (χ1) is 12.6. The van der Waals surface area contributed by atoms with Gasteiger partial charge in [0.05, 0.1) is 17.2 Å². The first kappa shape index (κ1) is 22.6.